The van der Waals surface area contributed by atoms with Crippen LogP contribution in [0.15, 0.2) is 82.6 Å². The van der Waals surface area contributed by atoms with Crippen LogP contribution in [-0.2, 0) is 24.8 Å². The first-order valence-corrected chi connectivity index (χ1v) is 14.7. The van der Waals surface area contributed by atoms with E-state index in [4.69, 9.17) is 9.47 Å². The van der Waals surface area contributed by atoms with Crippen LogP contribution >= 0.6 is 0 Å². The number of amides is 1. The Bertz CT molecular complexity index is 1460. The quantitative estimate of drug-likeness (QED) is 0.359. The predicted octanol–water partition coefficient (Wildman–Crippen LogP) is 3.57. The second kappa shape index (κ2) is 12.3. The largest absolute Gasteiger partial charge is 0.493 e. The smallest absolute Gasteiger partial charge is 0.264 e. The maximum absolute atomic E-state index is 13.6. The van der Waals surface area contributed by atoms with E-state index >= 15 is 0 Å². The van der Waals surface area contributed by atoms with Gasteiger partial charge in [0.15, 0.2) is 11.5 Å². The van der Waals surface area contributed by atoms with E-state index in [0.717, 1.165) is 4.31 Å². The van der Waals surface area contributed by atoms with E-state index in [2.05, 4.69) is 5.32 Å². The van der Waals surface area contributed by atoms with Crippen molar-refractivity contribution in [3.63, 3.8) is 0 Å². The average molecular weight is 562 g/mol. The van der Waals surface area contributed by atoms with Gasteiger partial charge in [0.05, 0.1) is 29.7 Å². The molecule has 3 aromatic rings. The Kier molecular flexibility index (Phi) is 9.36. The van der Waals surface area contributed by atoms with Gasteiger partial charge in [-0.3, -0.25) is 9.10 Å². The van der Waals surface area contributed by atoms with E-state index < -0.39 is 32.5 Å². The fourth-order valence-electron chi connectivity index (χ4n) is 3.77. The monoisotopic (exact) mass is 561 g/mol. The molecule has 3 rings (SSSR count). The van der Waals surface area contributed by atoms with Gasteiger partial charge in [0.25, 0.3) is 10.0 Å². The molecule has 0 atom stereocenters. The van der Waals surface area contributed by atoms with Crippen molar-refractivity contribution in [2.24, 2.45) is 0 Å². The molecular formula is C26H31N3O7S2. The molecule has 0 aliphatic heterocycles. The van der Waals surface area contributed by atoms with Crippen molar-refractivity contribution >= 4 is 37.3 Å². The zero-order chi connectivity index (χ0) is 27.9. The number of carbonyl (C=O) groups is 1. The van der Waals surface area contributed by atoms with Gasteiger partial charge < -0.3 is 14.8 Å². The predicted molar refractivity (Wildman–Crippen MR) is 146 cm³/mol. The number of para-hydroxylation sites is 1. The lowest BCUT2D eigenvalue weighted by molar-refractivity contribution is -0.114. The van der Waals surface area contributed by atoms with Crippen LogP contribution in [0, 0.1) is 0 Å². The molecule has 38 heavy (non-hydrogen) atoms. The van der Waals surface area contributed by atoms with Gasteiger partial charge >= 0.3 is 0 Å². The zero-order valence-electron chi connectivity index (χ0n) is 21.6. The van der Waals surface area contributed by atoms with E-state index in [9.17, 15) is 21.6 Å². The maximum atomic E-state index is 13.6. The Labute approximate surface area is 223 Å². The summed E-state index contributed by atoms with van der Waals surface area (Å²) in [6.07, 6.45) is 0. The van der Waals surface area contributed by atoms with Crippen molar-refractivity contribution in [2.75, 3.05) is 43.5 Å². The van der Waals surface area contributed by atoms with Crippen LogP contribution in [0.25, 0.3) is 0 Å². The number of methoxy groups -OCH3 is 2. The molecule has 0 spiro atoms. The number of nitrogens with one attached hydrogen (secondary N) is 1. The van der Waals surface area contributed by atoms with E-state index in [1.165, 1.54) is 61.0 Å². The summed E-state index contributed by atoms with van der Waals surface area (Å²) in [5.41, 5.74) is 0.614. The van der Waals surface area contributed by atoms with E-state index in [1.807, 2.05) is 0 Å². The summed E-state index contributed by atoms with van der Waals surface area (Å²) in [5, 5.41) is 2.64. The van der Waals surface area contributed by atoms with Crippen LogP contribution in [0.1, 0.15) is 13.8 Å². The minimum atomic E-state index is -4.19. The zero-order valence-corrected chi connectivity index (χ0v) is 23.3. The number of anilines is 2. The van der Waals surface area contributed by atoms with Gasteiger partial charge in [0, 0.05) is 24.8 Å². The minimum Gasteiger partial charge on any atom is -0.493 e. The molecule has 1 amide bonds. The normalized spacial score (nSPS) is 11.7. The lowest BCUT2D eigenvalue weighted by Gasteiger charge is -2.24. The summed E-state index contributed by atoms with van der Waals surface area (Å²) < 4.78 is 65.5. The summed E-state index contributed by atoms with van der Waals surface area (Å²) in [6.45, 7) is 3.65. The summed E-state index contributed by atoms with van der Waals surface area (Å²) in [7, 11) is -5.00. The molecule has 0 heterocycles. The van der Waals surface area contributed by atoms with E-state index in [0.29, 0.717) is 24.5 Å². The minimum absolute atomic E-state index is 0.0854. The highest BCUT2D eigenvalue weighted by molar-refractivity contribution is 7.92. The van der Waals surface area contributed by atoms with Gasteiger partial charge in [-0.15, -0.1) is 0 Å². The van der Waals surface area contributed by atoms with E-state index in [1.54, 1.807) is 44.2 Å². The van der Waals surface area contributed by atoms with Gasteiger partial charge in [-0.25, -0.2) is 16.8 Å². The molecule has 0 saturated heterocycles. The molecule has 0 bridgehead atoms. The molecule has 12 heteroatoms. The first-order valence-electron chi connectivity index (χ1n) is 11.8. The third kappa shape index (κ3) is 6.26. The van der Waals surface area contributed by atoms with Crippen molar-refractivity contribution in [3.8, 4) is 11.5 Å². The highest BCUT2D eigenvalue weighted by Gasteiger charge is 2.28. The standard InChI is InChI=1S/C26H31N3O7S2/c1-5-28(6-2)37(31,32)22-14-12-20(13-15-22)27-26(30)19-29(21-10-8-7-9-11-21)38(33,34)23-16-17-24(35-3)25(18-23)36-4/h7-18H,5-6,19H2,1-4H3,(H,27,30). The molecule has 0 fully saturated rings. The number of carbonyl (C=O) groups excluding carboxylic acids is 1. The Morgan fingerprint density at radius 3 is 1.89 bits per heavy atom. The molecule has 0 aromatic heterocycles. The van der Waals surface area contributed by atoms with Crippen molar-refractivity contribution < 1.29 is 31.1 Å². The van der Waals surface area contributed by atoms with Crippen LogP contribution in [-0.4, -0.2) is 60.9 Å². The molecule has 0 saturated carbocycles. The molecule has 0 unspecified atom stereocenters. The lowest BCUT2D eigenvalue weighted by atomic mass is 10.3. The number of benzene rings is 3. The fourth-order valence-corrected chi connectivity index (χ4v) is 6.66. The summed E-state index contributed by atoms with van der Waals surface area (Å²) in [4.78, 5) is 13.0. The SMILES string of the molecule is CCN(CC)S(=O)(=O)c1ccc(NC(=O)CN(c2ccccc2)S(=O)(=O)c2ccc(OC)c(OC)c2)cc1. The van der Waals surface area contributed by atoms with Crippen molar-refractivity contribution in [1.82, 2.24) is 4.31 Å². The number of rotatable bonds is 12. The maximum Gasteiger partial charge on any atom is 0.264 e. The van der Waals surface area contributed by atoms with Crippen molar-refractivity contribution in [2.45, 2.75) is 23.6 Å². The molecule has 10 nitrogen and oxygen atoms in total. The Hall–Kier alpha value is -3.61. The third-order valence-electron chi connectivity index (χ3n) is 5.76. The number of ether oxygens (including phenoxy) is 2. The number of nitrogens with zero attached hydrogens (tertiary/aromatic N) is 2. The lowest BCUT2D eigenvalue weighted by Crippen LogP contribution is -2.38. The Morgan fingerprint density at radius 1 is 0.763 bits per heavy atom. The van der Waals surface area contributed by atoms with Crippen molar-refractivity contribution in [1.29, 1.82) is 0 Å². The molecule has 3 aromatic carbocycles. The van der Waals surface area contributed by atoms with Gasteiger partial charge in [-0.2, -0.15) is 4.31 Å². The van der Waals surface area contributed by atoms with E-state index in [-0.39, 0.29) is 21.2 Å². The van der Waals surface area contributed by atoms with Gasteiger partial charge in [-0.05, 0) is 48.5 Å². The summed E-state index contributed by atoms with van der Waals surface area (Å²) in [5.74, 6) is -0.0232. The van der Waals surface area contributed by atoms with Crippen LogP contribution in [0.2, 0.25) is 0 Å². The Balaban J connectivity index is 1.88. The van der Waals surface area contributed by atoms with Crippen LogP contribution in [0.5, 0.6) is 11.5 Å². The number of sulfonamides is 2. The summed E-state index contributed by atoms with van der Waals surface area (Å²) >= 11 is 0. The highest BCUT2D eigenvalue weighted by Crippen LogP contribution is 2.32. The van der Waals surface area contributed by atoms with Crippen molar-refractivity contribution in [3.05, 3.63) is 72.8 Å². The molecule has 204 valence electrons. The highest BCUT2D eigenvalue weighted by atomic mass is 32.2. The second-order valence-electron chi connectivity index (χ2n) is 8.03. The second-order valence-corrected chi connectivity index (χ2v) is 11.8. The first kappa shape index (κ1) is 29.0. The topological polar surface area (TPSA) is 122 Å². The Morgan fingerprint density at radius 2 is 1.34 bits per heavy atom. The van der Waals surface area contributed by atoms with Gasteiger partial charge in [0.2, 0.25) is 15.9 Å². The summed E-state index contributed by atoms with van der Waals surface area (Å²) in [6, 6.07) is 18.1. The number of hydrogen-bond acceptors (Lipinski definition) is 7. The molecular weight excluding hydrogens is 530 g/mol. The third-order valence-corrected chi connectivity index (χ3v) is 9.59. The van der Waals surface area contributed by atoms with Crippen LogP contribution < -0.4 is 19.1 Å². The fraction of sp³-hybridized carbons (Fsp3) is 0.269. The van der Waals surface area contributed by atoms with Gasteiger partial charge in [-0.1, -0.05) is 32.0 Å². The first-order chi connectivity index (χ1) is 18.1. The molecule has 0 radical (unpaired) electrons. The number of hydrogen-bond donors (Lipinski definition) is 1. The average Bonchev–Trinajstić information content (AvgIpc) is 2.92. The molecule has 0 aliphatic carbocycles. The van der Waals surface area contributed by atoms with Gasteiger partial charge in [0.1, 0.15) is 6.54 Å². The van der Waals surface area contributed by atoms with Crippen LogP contribution in [0.3, 0.4) is 0 Å². The van der Waals surface area contributed by atoms with Crippen LogP contribution in [0.4, 0.5) is 11.4 Å². The molecule has 0 aliphatic rings. The molecule has 1 N–H and O–H groups in total.